The van der Waals surface area contributed by atoms with Crippen molar-refractivity contribution >= 4 is 7.32 Å². The van der Waals surface area contributed by atoms with Crippen LogP contribution < -0.4 is 0 Å². The summed E-state index contributed by atoms with van der Waals surface area (Å²) in [6, 6.07) is 0. The van der Waals surface area contributed by atoms with E-state index in [1.165, 1.54) is 0 Å². The molecule has 0 radical (unpaired) electrons. The molecular formula is BF3O3Zn. The van der Waals surface area contributed by atoms with Gasteiger partial charge in [-0.05, 0) is 0 Å². The van der Waals surface area contributed by atoms with Crippen molar-refractivity contribution < 1.29 is 47.6 Å². The summed E-state index contributed by atoms with van der Waals surface area (Å²) in [7, 11) is -2.51. The zero-order chi connectivity index (χ0) is 5.70. The van der Waals surface area contributed by atoms with Gasteiger partial charge in [-0.25, -0.2) is 0 Å². The minimum Gasteiger partial charge on any atom is -0.185 e. The Labute approximate surface area is 55.7 Å². The van der Waals surface area contributed by atoms with Crippen molar-refractivity contribution in [2.24, 2.45) is 0 Å². The first kappa shape index (κ1) is 11.2. The van der Waals surface area contributed by atoms with Crippen molar-refractivity contribution in [3.05, 3.63) is 0 Å². The predicted molar refractivity (Wildman–Crippen MR) is 12.3 cm³/mol. The molecule has 0 aromatic carbocycles. The fourth-order valence-electron chi connectivity index (χ4n) is 0.0412. The normalized spacial score (nSPS) is 7.88. The molecule has 0 rings (SSSR count). The van der Waals surface area contributed by atoms with Gasteiger partial charge in [0.05, 0.1) is 0 Å². The second-order valence-corrected chi connectivity index (χ2v) is 0.556. The molecule has 0 aromatic heterocycles. The van der Waals surface area contributed by atoms with E-state index in [0.717, 1.165) is 0 Å². The third-order valence-electron chi connectivity index (χ3n) is 0.218. The molecular weight excluding hydrogens is 181 g/mol. The van der Waals surface area contributed by atoms with Crippen molar-refractivity contribution in [3.8, 4) is 0 Å². The van der Waals surface area contributed by atoms with E-state index in [2.05, 4.69) is 14.6 Å². The summed E-state index contributed by atoms with van der Waals surface area (Å²) in [6.45, 7) is 0. The molecule has 0 unspecified atom stereocenters. The summed E-state index contributed by atoms with van der Waals surface area (Å²) in [5, 5.41) is 0. The average molecular weight is 181 g/mol. The molecule has 0 aliphatic carbocycles. The van der Waals surface area contributed by atoms with Gasteiger partial charge in [-0.3, -0.25) is 0 Å². The minimum atomic E-state index is -2.51. The molecule has 0 N–H and O–H groups in total. The van der Waals surface area contributed by atoms with Crippen LogP contribution in [0.1, 0.15) is 0 Å². The Morgan fingerprint density at radius 1 is 0.875 bits per heavy atom. The van der Waals surface area contributed by atoms with Crippen LogP contribution in [0.25, 0.3) is 0 Å². The number of hydrogen-bond acceptors (Lipinski definition) is 3. The average Bonchev–Trinajstić information content (AvgIpc) is 1.72. The van der Waals surface area contributed by atoms with Crippen LogP contribution in [-0.4, -0.2) is 7.32 Å². The molecule has 0 fully saturated rings. The first-order chi connectivity index (χ1) is 3.35. The third-order valence-corrected chi connectivity index (χ3v) is 0.218. The Bertz CT molecular complexity index is 36.0. The Balaban J connectivity index is 0. The molecule has 0 aliphatic heterocycles. The smallest absolute Gasteiger partial charge is 0.185 e. The molecule has 0 heterocycles. The Hall–Kier alpha value is 0.358. The van der Waals surface area contributed by atoms with Crippen LogP contribution >= 0.6 is 0 Å². The maximum absolute atomic E-state index is 10.4. The fourth-order valence-corrected chi connectivity index (χ4v) is 0.0412. The summed E-state index contributed by atoms with van der Waals surface area (Å²) >= 11 is 0. The molecule has 0 spiro atoms. The molecule has 0 atom stereocenters. The van der Waals surface area contributed by atoms with Crippen LogP contribution in [0.2, 0.25) is 0 Å². The minimum absolute atomic E-state index is 0. The van der Waals surface area contributed by atoms with Gasteiger partial charge < -0.3 is 0 Å². The third kappa shape index (κ3) is 4.52. The van der Waals surface area contributed by atoms with E-state index in [4.69, 9.17) is 0 Å². The summed E-state index contributed by atoms with van der Waals surface area (Å²) in [5.74, 6) is 0. The van der Waals surface area contributed by atoms with Crippen LogP contribution in [0.5, 0.6) is 0 Å². The summed E-state index contributed by atoms with van der Waals surface area (Å²) in [6.07, 6.45) is 0. The van der Waals surface area contributed by atoms with Gasteiger partial charge in [-0.1, -0.05) is 13.6 Å². The van der Waals surface area contributed by atoms with Crippen molar-refractivity contribution in [2.45, 2.75) is 0 Å². The van der Waals surface area contributed by atoms with Crippen LogP contribution in [-0.2, 0) is 34.1 Å². The molecule has 0 aromatic rings. The molecule has 8 heteroatoms. The summed E-state index contributed by atoms with van der Waals surface area (Å²) in [5.41, 5.74) is 0. The summed E-state index contributed by atoms with van der Waals surface area (Å²) in [4.78, 5) is 7.06. The van der Waals surface area contributed by atoms with E-state index in [1.807, 2.05) is 0 Å². The van der Waals surface area contributed by atoms with Gasteiger partial charge in [0, 0.05) is 19.5 Å². The summed E-state index contributed by atoms with van der Waals surface area (Å²) < 4.78 is 31.3. The largest absolute Gasteiger partial charge is 0.737 e. The van der Waals surface area contributed by atoms with E-state index >= 15 is 0 Å². The standard InChI is InChI=1S/BF3O3.Zn/c2-5-1(6-3)7-4;. The topological polar surface area (TPSA) is 27.7 Å². The predicted octanol–water partition coefficient (Wildman–Crippen LogP) is 0.672. The van der Waals surface area contributed by atoms with Gasteiger partial charge in [-0.15, -0.1) is 0 Å². The van der Waals surface area contributed by atoms with Gasteiger partial charge in [0.2, 0.25) is 0 Å². The van der Waals surface area contributed by atoms with E-state index < -0.39 is 7.32 Å². The molecule has 8 heavy (non-hydrogen) atoms. The van der Waals surface area contributed by atoms with Gasteiger partial charge >= 0.3 is 7.32 Å². The van der Waals surface area contributed by atoms with Crippen LogP contribution in [0.3, 0.4) is 0 Å². The molecule has 44 valence electrons. The SMILES string of the molecule is FOB(OF)OF.[Zn]. The van der Waals surface area contributed by atoms with Gasteiger partial charge in [0.25, 0.3) is 0 Å². The number of halogens is 3. The second-order valence-electron chi connectivity index (χ2n) is 0.556. The van der Waals surface area contributed by atoms with Crippen LogP contribution in [0, 0.1) is 0 Å². The van der Waals surface area contributed by atoms with E-state index in [1.54, 1.807) is 0 Å². The molecule has 0 bridgehead atoms. The van der Waals surface area contributed by atoms with E-state index in [9.17, 15) is 13.6 Å². The molecule has 3 nitrogen and oxygen atoms in total. The Morgan fingerprint density at radius 3 is 1.12 bits per heavy atom. The first-order valence-electron chi connectivity index (χ1n) is 1.17. The van der Waals surface area contributed by atoms with Crippen molar-refractivity contribution in [1.82, 2.24) is 0 Å². The van der Waals surface area contributed by atoms with Crippen LogP contribution in [0.15, 0.2) is 0 Å². The first-order valence-corrected chi connectivity index (χ1v) is 1.17. The molecule has 0 saturated carbocycles. The van der Waals surface area contributed by atoms with Crippen molar-refractivity contribution in [2.75, 3.05) is 0 Å². The molecule has 0 amide bonds. The molecule has 0 saturated heterocycles. The second kappa shape index (κ2) is 7.36. The van der Waals surface area contributed by atoms with Gasteiger partial charge in [-0.2, -0.15) is 14.6 Å². The van der Waals surface area contributed by atoms with Gasteiger partial charge in [0.15, 0.2) is 0 Å². The van der Waals surface area contributed by atoms with Crippen LogP contribution in [0.4, 0.5) is 13.6 Å². The zero-order valence-corrected chi connectivity index (χ0v) is 6.61. The number of hydrogen-bond donors (Lipinski definition) is 0. The molecule has 0 aliphatic rings. The Kier molecular flexibility index (Phi) is 10.3. The van der Waals surface area contributed by atoms with Crippen molar-refractivity contribution in [3.63, 3.8) is 0 Å². The van der Waals surface area contributed by atoms with Crippen molar-refractivity contribution in [1.29, 1.82) is 0 Å². The van der Waals surface area contributed by atoms with E-state index in [-0.39, 0.29) is 19.5 Å². The van der Waals surface area contributed by atoms with Gasteiger partial charge in [0.1, 0.15) is 0 Å². The van der Waals surface area contributed by atoms with E-state index in [0.29, 0.717) is 0 Å². The maximum atomic E-state index is 10.4. The monoisotopic (exact) mass is 180 g/mol. The maximum Gasteiger partial charge on any atom is 0.737 e. The zero-order valence-electron chi connectivity index (χ0n) is 3.64. The quantitative estimate of drug-likeness (QED) is 0.599. The Morgan fingerprint density at radius 2 is 1.12 bits per heavy atom. The number of rotatable bonds is 3. The fraction of sp³-hybridized carbons (Fsp3) is 0.